The molecule has 0 nitrogen and oxygen atoms in total. The number of alkyl halides is 1. The molecule has 1 atom stereocenters. The number of hydrogen-bond donors (Lipinski definition) is 0. The van der Waals surface area contributed by atoms with Crippen LogP contribution in [0.4, 0.5) is 0 Å². The molecule has 0 bridgehead atoms. The Labute approximate surface area is 111 Å². The predicted molar refractivity (Wildman–Crippen MR) is 72.6 cm³/mol. The molecule has 1 unspecified atom stereocenters. The number of hydrogen-bond acceptors (Lipinski definition) is 0. The number of allylic oxidation sites excluding steroid dienone is 2. The van der Waals surface area contributed by atoms with Crippen molar-refractivity contribution in [3.8, 4) is 0 Å². The summed E-state index contributed by atoms with van der Waals surface area (Å²) in [5, 5.41) is 0. The zero-order chi connectivity index (χ0) is 9.61. The summed E-state index contributed by atoms with van der Waals surface area (Å²) in [7, 11) is -1.17. The van der Waals surface area contributed by atoms with Gasteiger partial charge in [-0.25, -0.2) is 0 Å². The topological polar surface area (TPSA) is 0 Å². The Balaban J connectivity index is -0.000000202. The molecule has 0 fully saturated rings. The summed E-state index contributed by atoms with van der Waals surface area (Å²) in [6, 6.07) is 2.37. The molecule has 0 heterocycles. The average molecular weight is 274 g/mol. The molecule has 0 saturated heterocycles. The molecule has 13 heavy (non-hydrogen) atoms. The van der Waals surface area contributed by atoms with E-state index in [0.717, 1.165) is 0 Å². The second kappa shape index (κ2) is 8.27. The molecule has 0 aromatic heterocycles. The minimum absolute atomic E-state index is 0. The maximum atomic E-state index is 3.82. The van der Waals surface area contributed by atoms with Crippen LogP contribution in [-0.2, 0) is 0 Å². The first-order chi connectivity index (χ1) is 5.60. The van der Waals surface area contributed by atoms with Gasteiger partial charge in [-0.1, -0.05) is 41.6 Å². The molecule has 0 aromatic carbocycles. The van der Waals surface area contributed by atoms with Gasteiger partial charge in [-0.05, 0) is 18.5 Å². The molecule has 0 amide bonds. The maximum Gasteiger partial charge on any atom is 2.00 e. The molecule has 0 N–H and O–H groups in total. The van der Waals surface area contributed by atoms with E-state index in [4.69, 9.17) is 0 Å². The van der Waals surface area contributed by atoms with Gasteiger partial charge in [0.15, 0.2) is 0 Å². The van der Waals surface area contributed by atoms with Gasteiger partial charge in [-0.3, -0.25) is 0 Å². The van der Waals surface area contributed by atoms with Gasteiger partial charge in [0.25, 0.3) is 0 Å². The first kappa shape index (κ1) is 16.4. The van der Waals surface area contributed by atoms with Gasteiger partial charge in [0.05, 0.1) is 8.07 Å². The van der Waals surface area contributed by atoms with Crippen molar-refractivity contribution in [1.82, 2.24) is 0 Å². The molecule has 0 aliphatic rings. The van der Waals surface area contributed by atoms with Crippen molar-refractivity contribution in [3.05, 3.63) is 25.3 Å². The van der Waals surface area contributed by atoms with E-state index in [1.807, 2.05) is 0 Å². The molecule has 74 valence electrons. The summed E-state index contributed by atoms with van der Waals surface area (Å²) in [6.45, 7) is 12.3. The zero-order valence-corrected chi connectivity index (χ0v) is 12.9. The van der Waals surface area contributed by atoms with Crippen molar-refractivity contribution in [2.75, 3.05) is 0 Å². The summed E-state index contributed by atoms with van der Waals surface area (Å²) in [4.78, 5) is 0. The maximum absolute atomic E-state index is 3.82. The zero-order valence-electron chi connectivity index (χ0n) is 10.9. The van der Waals surface area contributed by atoms with Crippen molar-refractivity contribution >= 4 is 47.1 Å². The van der Waals surface area contributed by atoms with Crippen LogP contribution in [0, 0.1) is 0 Å². The Kier molecular flexibility index (Phi) is 10.4. The molecule has 0 rings (SSSR count). The van der Waals surface area contributed by atoms with Crippen LogP contribution in [-0.4, -0.2) is 35.6 Å². The van der Waals surface area contributed by atoms with E-state index >= 15 is 0 Å². The normalized spacial score (nSPS) is 12.8. The van der Waals surface area contributed by atoms with Crippen LogP contribution in [0.2, 0.25) is 18.6 Å². The van der Waals surface area contributed by atoms with Crippen LogP contribution in [0.5, 0.6) is 0 Å². The Morgan fingerprint density at radius 3 is 2.00 bits per heavy atom. The van der Waals surface area contributed by atoms with Crippen LogP contribution >= 0.6 is 15.9 Å². The standard InChI is InChI=1S/C10H19BrSi.Mg.2H/c1-5-8-12(4,9-6-2)10(11)7-3;;;/h5-6,10H,1-2,7-9H2,3-4H3;;;/q;+2;2*-1. The fourth-order valence-electron chi connectivity index (χ4n) is 1.49. The van der Waals surface area contributed by atoms with Crippen molar-refractivity contribution in [2.45, 2.75) is 36.4 Å². The fourth-order valence-corrected chi connectivity index (χ4v) is 5.60. The largest absolute Gasteiger partial charge is 2.00 e. The first-order valence-electron chi connectivity index (χ1n) is 4.46. The number of rotatable bonds is 6. The van der Waals surface area contributed by atoms with E-state index in [1.54, 1.807) is 0 Å². The Bertz CT molecular complexity index is 158. The SMILES string of the molecule is C=CC[Si](C)(CC=C)C(Br)CC.[H-].[H-].[Mg+2]. The molecular formula is C10H21BrMgSi. The van der Waals surface area contributed by atoms with Gasteiger partial charge in [-0.2, -0.15) is 0 Å². The van der Waals surface area contributed by atoms with E-state index in [2.05, 4.69) is 54.7 Å². The van der Waals surface area contributed by atoms with Crippen LogP contribution in [0.3, 0.4) is 0 Å². The fraction of sp³-hybridized carbons (Fsp3) is 0.600. The van der Waals surface area contributed by atoms with Crippen LogP contribution in [0.15, 0.2) is 25.3 Å². The summed E-state index contributed by atoms with van der Waals surface area (Å²) in [5.41, 5.74) is 0. The van der Waals surface area contributed by atoms with Crippen LogP contribution in [0.1, 0.15) is 16.2 Å². The summed E-state index contributed by atoms with van der Waals surface area (Å²) in [6.07, 6.45) is 5.32. The molecule has 0 aromatic rings. The molecular weight excluding hydrogens is 252 g/mol. The summed E-state index contributed by atoms with van der Waals surface area (Å²) < 4.78 is 0.695. The molecule has 3 heteroatoms. The van der Waals surface area contributed by atoms with E-state index in [9.17, 15) is 0 Å². The third kappa shape index (κ3) is 5.40. The average Bonchev–Trinajstić information content (AvgIpc) is 2.04. The first-order valence-corrected chi connectivity index (χ1v) is 8.37. The minimum atomic E-state index is -1.17. The monoisotopic (exact) mass is 272 g/mol. The van der Waals surface area contributed by atoms with Crippen molar-refractivity contribution in [2.24, 2.45) is 0 Å². The number of halogens is 1. The van der Waals surface area contributed by atoms with E-state index < -0.39 is 8.07 Å². The molecule has 0 aliphatic carbocycles. The molecule has 0 spiro atoms. The Hall–Kier alpha value is 0.943. The van der Waals surface area contributed by atoms with E-state index in [1.165, 1.54) is 18.5 Å². The predicted octanol–water partition coefficient (Wildman–Crippen LogP) is 3.99. The quantitative estimate of drug-likeness (QED) is 0.390. The van der Waals surface area contributed by atoms with E-state index in [0.29, 0.717) is 4.45 Å². The van der Waals surface area contributed by atoms with Gasteiger partial charge in [0, 0.05) is 4.45 Å². The second-order valence-corrected chi connectivity index (χ2v) is 10.3. The van der Waals surface area contributed by atoms with Gasteiger partial charge in [-0.15, -0.1) is 13.2 Å². The second-order valence-electron chi connectivity index (χ2n) is 3.52. The van der Waals surface area contributed by atoms with Gasteiger partial charge < -0.3 is 2.85 Å². The van der Waals surface area contributed by atoms with Crippen molar-refractivity contribution < 1.29 is 2.85 Å². The van der Waals surface area contributed by atoms with Gasteiger partial charge >= 0.3 is 23.1 Å². The van der Waals surface area contributed by atoms with Crippen molar-refractivity contribution in [3.63, 3.8) is 0 Å². The Morgan fingerprint density at radius 1 is 1.38 bits per heavy atom. The van der Waals surface area contributed by atoms with Crippen molar-refractivity contribution in [1.29, 1.82) is 0 Å². The smallest absolute Gasteiger partial charge is 1.00 e. The van der Waals surface area contributed by atoms with Crippen LogP contribution < -0.4 is 0 Å². The summed E-state index contributed by atoms with van der Waals surface area (Å²) >= 11 is 3.77. The van der Waals surface area contributed by atoms with Gasteiger partial charge in [0.1, 0.15) is 0 Å². The Morgan fingerprint density at radius 2 is 1.77 bits per heavy atom. The van der Waals surface area contributed by atoms with Crippen LogP contribution in [0.25, 0.3) is 0 Å². The third-order valence-electron chi connectivity index (χ3n) is 2.34. The molecule has 0 radical (unpaired) electrons. The summed E-state index contributed by atoms with van der Waals surface area (Å²) in [5.74, 6) is 0. The van der Waals surface area contributed by atoms with E-state index in [-0.39, 0.29) is 25.9 Å². The third-order valence-corrected chi connectivity index (χ3v) is 10.7. The molecule has 0 saturated carbocycles. The van der Waals surface area contributed by atoms with Gasteiger partial charge in [0.2, 0.25) is 0 Å². The minimum Gasteiger partial charge on any atom is -1.00 e. The molecule has 0 aliphatic heterocycles.